The lowest BCUT2D eigenvalue weighted by molar-refractivity contribution is 0.102. The molecule has 1 amide bonds. The van der Waals surface area contributed by atoms with Crippen LogP contribution in [0.15, 0.2) is 42.7 Å². The highest BCUT2D eigenvalue weighted by molar-refractivity contribution is 7.10. The van der Waals surface area contributed by atoms with Crippen molar-refractivity contribution in [2.24, 2.45) is 0 Å². The molecule has 0 aliphatic rings. The molecule has 1 N–H and O–H groups in total. The highest BCUT2D eigenvalue weighted by atomic mass is 32.1. The zero-order chi connectivity index (χ0) is 12.4. The van der Waals surface area contributed by atoms with Crippen molar-refractivity contribution in [1.82, 2.24) is 14.6 Å². The Balaban J connectivity index is 2.01. The second-order valence-electron chi connectivity index (χ2n) is 3.61. The van der Waals surface area contributed by atoms with Crippen LogP contribution in [-0.4, -0.2) is 20.5 Å². The summed E-state index contributed by atoms with van der Waals surface area (Å²) < 4.78 is 3.70. The van der Waals surface area contributed by atoms with Gasteiger partial charge in [0.25, 0.3) is 5.91 Å². The summed E-state index contributed by atoms with van der Waals surface area (Å²) in [6, 6.07) is 9.15. The fraction of sp³-hybridized carbons (Fsp3) is 0. The minimum absolute atomic E-state index is 0.181. The molecule has 0 atom stereocenters. The van der Waals surface area contributed by atoms with Gasteiger partial charge in [-0.05, 0) is 18.2 Å². The molecule has 0 saturated carbocycles. The van der Waals surface area contributed by atoms with Crippen LogP contribution >= 0.6 is 11.5 Å². The summed E-state index contributed by atoms with van der Waals surface area (Å²) in [5, 5.41) is 7.88. The van der Waals surface area contributed by atoms with E-state index >= 15 is 0 Å². The van der Waals surface area contributed by atoms with E-state index in [1.165, 1.54) is 6.20 Å². The minimum Gasteiger partial charge on any atom is -0.311 e. The molecule has 3 aromatic rings. The van der Waals surface area contributed by atoms with Crippen LogP contribution in [0.1, 0.15) is 10.4 Å². The van der Waals surface area contributed by atoms with E-state index in [0.717, 1.165) is 22.4 Å². The quantitative estimate of drug-likeness (QED) is 0.764. The van der Waals surface area contributed by atoms with E-state index in [0.29, 0.717) is 10.6 Å². The van der Waals surface area contributed by atoms with Crippen molar-refractivity contribution in [1.29, 1.82) is 0 Å². The predicted octanol–water partition coefficient (Wildman–Crippen LogP) is 2.34. The second kappa shape index (κ2) is 4.50. The number of carbonyl (C=O) groups excluding carboxylic acids is 1. The van der Waals surface area contributed by atoms with Crippen molar-refractivity contribution in [2.45, 2.75) is 0 Å². The van der Waals surface area contributed by atoms with Crippen molar-refractivity contribution in [3.8, 4) is 0 Å². The van der Waals surface area contributed by atoms with Crippen LogP contribution in [0.2, 0.25) is 0 Å². The molecule has 1 aromatic carbocycles. The molecule has 0 unspecified atom stereocenters. The Morgan fingerprint density at radius 1 is 1.22 bits per heavy atom. The highest BCUT2D eigenvalue weighted by Crippen LogP contribution is 2.18. The summed E-state index contributed by atoms with van der Waals surface area (Å²) >= 11 is 1.14. The number of rotatable bonds is 2. The maximum atomic E-state index is 12.1. The molecule has 5 nitrogen and oxygen atoms in total. The second-order valence-corrected chi connectivity index (χ2v) is 4.40. The topological polar surface area (TPSA) is 67.8 Å². The van der Waals surface area contributed by atoms with Crippen LogP contribution < -0.4 is 5.32 Å². The minimum atomic E-state index is -0.181. The molecule has 18 heavy (non-hydrogen) atoms. The molecule has 0 fully saturated rings. The molecule has 6 heteroatoms. The van der Waals surface area contributed by atoms with Crippen molar-refractivity contribution < 1.29 is 4.79 Å². The monoisotopic (exact) mass is 256 g/mol. The third-order valence-corrected chi connectivity index (χ3v) is 3.07. The first kappa shape index (κ1) is 10.8. The Bertz CT molecular complexity index is 691. The zero-order valence-corrected chi connectivity index (χ0v) is 10.0. The first-order valence-electron chi connectivity index (χ1n) is 5.27. The summed E-state index contributed by atoms with van der Waals surface area (Å²) in [6.45, 7) is 0. The zero-order valence-electron chi connectivity index (χ0n) is 9.20. The van der Waals surface area contributed by atoms with Gasteiger partial charge in [0.15, 0.2) is 0 Å². The number of nitrogens with one attached hydrogen (secondary N) is 1. The van der Waals surface area contributed by atoms with Gasteiger partial charge in [-0.2, -0.15) is 0 Å². The maximum Gasteiger partial charge on any atom is 0.257 e. The molecule has 0 aliphatic carbocycles. The number of anilines is 1. The molecule has 2 heterocycles. The van der Waals surface area contributed by atoms with Gasteiger partial charge in [0.2, 0.25) is 0 Å². The van der Waals surface area contributed by atoms with Crippen LogP contribution in [0, 0.1) is 0 Å². The predicted molar refractivity (Wildman–Crippen MR) is 69.6 cm³/mol. The lowest BCUT2D eigenvalue weighted by atomic mass is 10.1. The Morgan fingerprint density at radius 2 is 2.17 bits per heavy atom. The normalized spacial score (nSPS) is 10.4. The summed E-state index contributed by atoms with van der Waals surface area (Å²) in [5.74, 6) is -0.181. The van der Waals surface area contributed by atoms with Gasteiger partial charge in [-0.1, -0.05) is 16.6 Å². The molecular weight excluding hydrogens is 248 g/mol. The summed E-state index contributed by atoms with van der Waals surface area (Å²) in [6.07, 6.45) is 3.23. The fourth-order valence-corrected chi connectivity index (χ4v) is 2.12. The van der Waals surface area contributed by atoms with Crippen LogP contribution in [0.3, 0.4) is 0 Å². The molecule has 88 valence electrons. The van der Waals surface area contributed by atoms with E-state index in [1.807, 2.05) is 24.3 Å². The Hall–Kier alpha value is -2.34. The first-order valence-corrected chi connectivity index (χ1v) is 6.04. The third kappa shape index (κ3) is 1.93. The van der Waals surface area contributed by atoms with Crippen molar-refractivity contribution in [3.05, 3.63) is 48.3 Å². The lowest BCUT2D eigenvalue weighted by Gasteiger charge is -2.05. The van der Waals surface area contributed by atoms with Crippen LogP contribution in [0.25, 0.3) is 10.9 Å². The number of hydrogen-bond acceptors (Lipinski definition) is 5. The number of benzene rings is 1. The smallest absolute Gasteiger partial charge is 0.257 e. The number of aromatic nitrogens is 3. The molecule has 0 aliphatic heterocycles. The SMILES string of the molecule is O=C(Nc1cnns1)c1cccc2ncccc12. The lowest BCUT2D eigenvalue weighted by Crippen LogP contribution is -2.11. The standard InChI is InChI=1S/C12H8N4OS/c17-12(15-11-7-14-16-18-11)9-3-1-5-10-8(9)4-2-6-13-10/h1-7H,(H,15,17). The largest absolute Gasteiger partial charge is 0.311 e. The van der Waals surface area contributed by atoms with Gasteiger partial charge in [-0.15, -0.1) is 5.10 Å². The van der Waals surface area contributed by atoms with Gasteiger partial charge in [-0.25, -0.2) is 0 Å². The summed E-state index contributed by atoms with van der Waals surface area (Å²) in [7, 11) is 0. The number of hydrogen-bond donors (Lipinski definition) is 1. The van der Waals surface area contributed by atoms with E-state index in [4.69, 9.17) is 0 Å². The maximum absolute atomic E-state index is 12.1. The number of amides is 1. The van der Waals surface area contributed by atoms with Gasteiger partial charge in [-0.3, -0.25) is 9.78 Å². The van der Waals surface area contributed by atoms with Crippen LogP contribution in [0.4, 0.5) is 5.00 Å². The third-order valence-electron chi connectivity index (χ3n) is 2.49. The number of pyridine rings is 1. The Labute approximate surface area is 107 Å². The van der Waals surface area contributed by atoms with E-state index in [-0.39, 0.29) is 5.91 Å². The highest BCUT2D eigenvalue weighted by Gasteiger charge is 2.11. The van der Waals surface area contributed by atoms with Crippen molar-refractivity contribution in [2.75, 3.05) is 5.32 Å². The van der Waals surface area contributed by atoms with Gasteiger partial charge >= 0.3 is 0 Å². The average molecular weight is 256 g/mol. The number of nitrogens with zero attached hydrogens (tertiary/aromatic N) is 3. The number of carbonyl (C=O) groups is 1. The van der Waals surface area contributed by atoms with E-state index in [1.54, 1.807) is 12.3 Å². The number of fused-ring (bicyclic) bond motifs is 1. The molecule has 0 spiro atoms. The van der Waals surface area contributed by atoms with Crippen molar-refractivity contribution >= 4 is 33.3 Å². The van der Waals surface area contributed by atoms with Gasteiger partial charge in [0.05, 0.1) is 11.7 Å². The molecule has 0 saturated heterocycles. The van der Waals surface area contributed by atoms with Crippen molar-refractivity contribution in [3.63, 3.8) is 0 Å². The van der Waals surface area contributed by atoms with Gasteiger partial charge < -0.3 is 5.32 Å². The van der Waals surface area contributed by atoms with Crippen LogP contribution in [-0.2, 0) is 0 Å². The Kier molecular flexibility index (Phi) is 2.70. The van der Waals surface area contributed by atoms with E-state index in [2.05, 4.69) is 19.9 Å². The fourth-order valence-electron chi connectivity index (χ4n) is 1.70. The van der Waals surface area contributed by atoms with Gasteiger partial charge in [0, 0.05) is 28.7 Å². The Morgan fingerprint density at radius 3 is 3.00 bits per heavy atom. The van der Waals surface area contributed by atoms with Gasteiger partial charge in [0.1, 0.15) is 5.00 Å². The molecule has 0 bridgehead atoms. The summed E-state index contributed by atoms with van der Waals surface area (Å²) in [4.78, 5) is 16.4. The summed E-state index contributed by atoms with van der Waals surface area (Å²) in [5.41, 5.74) is 1.39. The average Bonchev–Trinajstić information content (AvgIpc) is 2.91. The van der Waals surface area contributed by atoms with E-state index < -0.39 is 0 Å². The molecular formula is C12H8N4OS. The molecule has 2 aromatic heterocycles. The molecule has 3 rings (SSSR count). The van der Waals surface area contributed by atoms with E-state index in [9.17, 15) is 4.79 Å². The van der Waals surface area contributed by atoms with Crippen LogP contribution in [0.5, 0.6) is 0 Å². The molecule has 0 radical (unpaired) electrons. The first-order chi connectivity index (χ1) is 8.84.